The largest absolute Gasteiger partial charge is 0.494 e. The van der Waals surface area contributed by atoms with Gasteiger partial charge in [0.05, 0.1) is 22.4 Å². The van der Waals surface area contributed by atoms with E-state index < -0.39 is 36.6 Å². The molecule has 0 aliphatic carbocycles. The molecule has 0 atom stereocenters. The molecule has 4 aromatic rings. The summed E-state index contributed by atoms with van der Waals surface area (Å²) in [4.78, 5) is 0. The summed E-state index contributed by atoms with van der Waals surface area (Å²) in [5.74, 6) is 0. The van der Waals surface area contributed by atoms with Crippen LogP contribution in [0, 0.1) is 0 Å². The molecule has 0 bridgehead atoms. The highest BCUT2D eigenvalue weighted by Crippen LogP contribution is 2.42. The Bertz CT molecular complexity index is 1920. The molecule has 4 aromatic carbocycles. The lowest BCUT2D eigenvalue weighted by Crippen LogP contribution is -2.41. The van der Waals surface area contributed by atoms with Gasteiger partial charge in [-0.15, -0.1) is 0 Å². The summed E-state index contributed by atoms with van der Waals surface area (Å²) in [5.41, 5.74) is 13.6. The van der Waals surface area contributed by atoms with Gasteiger partial charge in [-0.25, -0.2) is 0 Å². The number of aryl methyl sites for hydroxylation is 4. The lowest BCUT2D eigenvalue weighted by molar-refractivity contribution is 0.00578. The van der Waals surface area contributed by atoms with Gasteiger partial charge in [0, 0.05) is 0 Å². The zero-order chi connectivity index (χ0) is 47.5. The van der Waals surface area contributed by atoms with Crippen LogP contribution in [-0.2, 0) is 44.3 Å². The first-order valence-corrected chi connectivity index (χ1v) is 26.8. The van der Waals surface area contributed by atoms with E-state index in [1.54, 1.807) is 0 Å². The Balaban J connectivity index is 1.57. The van der Waals surface area contributed by atoms with Gasteiger partial charge < -0.3 is 18.6 Å². The van der Waals surface area contributed by atoms with E-state index in [-0.39, 0.29) is 0 Å². The van der Waals surface area contributed by atoms with Crippen LogP contribution in [0.2, 0.25) is 0 Å². The Labute approximate surface area is 404 Å². The van der Waals surface area contributed by atoms with E-state index in [4.69, 9.17) is 18.6 Å². The molecule has 0 aromatic heterocycles. The molecule has 0 N–H and O–H groups in total. The summed E-state index contributed by atoms with van der Waals surface area (Å²) >= 11 is 0. The van der Waals surface area contributed by atoms with Crippen molar-refractivity contribution >= 4 is 25.2 Å². The Hall–Kier alpha value is -3.15. The number of benzene rings is 4. The number of hydrogen-bond acceptors (Lipinski definition) is 4. The molecule has 2 aliphatic heterocycles. The zero-order valence-corrected chi connectivity index (χ0v) is 43.9. The van der Waals surface area contributed by atoms with E-state index in [0.717, 1.165) is 36.6 Å². The van der Waals surface area contributed by atoms with Crippen molar-refractivity contribution in [1.29, 1.82) is 0 Å². The summed E-state index contributed by atoms with van der Waals surface area (Å²) in [5, 5.41) is 0. The third-order valence-corrected chi connectivity index (χ3v) is 15.4. The maximum atomic E-state index is 6.76. The number of hydrogen-bond donors (Lipinski definition) is 0. The number of rotatable bonds is 25. The fourth-order valence-corrected chi connectivity index (χ4v) is 9.76. The smallest absolute Gasteiger partial charge is 0.399 e. The van der Waals surface area contributed by atoms with E-state index in [1.165, 1.54) is 158 Å². The van der Waals surface area contributed by atoms with E-state index >= 15 is 0 Å². The molecule has 6 rings (SSSR count). The molecule has 0 radical (unpaired) electrons. The van der Waals surface area contributed by atoms with Gasteiger partial charge in [-0.3, -0.25) is 0 Å². The molecule has 2 heterocycles. The zero-order valence-electron chi connectivity index (χ0n) is 43.9. The van der Waals surface area contributed by atoms with E-state index in [1.807, 2.05) is 0 Å². The van der Waals surface area contributed by atoms with Crippen LogP contribution in [0.4, 0.5) is 0 Å². The minimum atomic E-state index is -0.460. The highest BCUT2D eigenvalue weighted by Gasteiger charge is 2.53. The standard InChI is InChI=1S/C60H88B2O4/c1-13-17-21-25-29-45-37-46(30-26-22-18-14-2)40-49(39-45)55-43-51(61-63-57(5,6)58(7,8)64-61)33-35-53(55)54-36-34-52(62-65-59(9,10)60(11,12)66-62)44-56(54)50-41-47(31-27-23-19-15-3)38-48(42-50)32-28-24-20-16-4/h33-44H,13-32H2,1-12H3. The Kier molecular flexibility index (Phi) is 18.5. The van der Waals surface area contributed by atoms with Crippen LogP contribution < -0.4 is 10.9 Å². The molecule has 6 heteroatoms. The molecule has 2 aliphatic rings. The summed E-state index contributed by atoms with van der Waals surface area (Å²) in [7, 11) is -0.920. The summed E-state index contributed by atoms with van der Waals surface area (Å²) in [6.45, 7) is 26.4. The molecule has 0 saturated carbocycles. The topological polar surface area (TPSA) is 36.9 Å². The first-order chi connectivity index (χ1) is 31.5. The van der Waals surface area contributed by atoms with Gasteiger partial charge in [0.2, 0.25) is 0 Å². The predicted octanol–water partition coefficient (Wildman–Crippen LogP) is 15.8. The highest BCUT2D eigenvalue weighted by molar-refractivity contribution is 6.62. The third-order valence-electron chi connectivity index (χ3n) is 15.4. The lowest BCUT2D eigenvalue weighted by atomic mass is 9.74. The van der Waals surface area contributed by atoms with Crippen LogP contribution in [0.15, 0.2) is 72.8 Å². The molecular formula is C60H88B2O4. The van der Waals surface area contributed by atoms with Gasteiger partial charge in [-0.2, -0.15) is 0 Å². The van der Waals surface area contributed by atoms with Crippen molar-refractivity contribution < 1.29 is 18.6 Å². The fourth-order valence-electron chi connectivity index (χ4n) is 9.76. The predicted molar refractivity (Wildman–Crippen MR) is 286 cm³/mol. The SMILES string of the molecule is CCCCCCc1cc(CCCCCC)cc(-c2cc(B3OC(C)(C)C(C)(C)O3)ccc2-c2ccc(B3OC(C)(C)C(C)(C)O3)cc2-c2cc(CCCCCC)cc(CCCCCC)c2)c1. The second-order valence-corrected chi connectivity index (χ2v) is 22.1. The van der Waals surface area contributed by atoms with Gasteiger partial charge >= 0.3 is 14.2 Å². The maximum absolute atomic E-state index is 6.76. The molecule has 0 spiro atoms. The Morgan fingerprint density at radius 1 is 0.318 bits per heavy atom. The molecule has 0 amide bonds. The van der Waals surface area contributed by atoms with E-state index in [0.29, 0.717) is 0 Å². The third kappa shape index (κ3) is 13.1. The van der Waals surface area contributed by atoms with Gasteiger partial charge in [-0.05, 0) is 173 Å². The van der Waals surface area contributed by atoms with Crippen molar-refractivity contribution in [1.82, 2.24) is 0 Å². The van der Waals surface area contributed by atoms with Gasteiger partial charge in [0.25, 0.3) is 0 Å². The summed E-state index contributed by atoms with van der Waals surface area (Å²) in [6, 6.07) is 29.0. The first-order valence-electron chi connectivity index (χ1n) is 26.8. The fraction of sp³-hybridized carbons (Fsp3) is 0.600. The molecule has 358 valence electrons. The Morgan fingerprint density at radius 2 is 0.591 bits per heavy atom. The molecule has 4 nitrogen and oxygen atoms in total. The van der Waals surface area contributed by atoms with Gasteiger partial charge in [0.15, 0.2) is 0 Å². The highest BCUT2D eigenvalue weighted by atomic mass is 16.7. The van der Waals surface area contributed by atoms with Crippen molar-refractivity contribution in [2.24, 2.45) is 0 Å². The van der Waals surface area contributed by atoms with Crippen molar-refractivity contribution in [3.8, 4) is 33.4 Å². The average molecular weight is 895 g/mol. The van der Waals surface area contributed by atoms with Gasteiger partial charge in [-0.1, -0.05) is 178 Å². The normalized spacial score (nSPS) is 17.3. The van der Waals surface area contributed by atoms with E-state index in [2.05, 4.69) is 156 Å². The summed E-state index contributed by atoms with van der Waals surface area (Å²) < 4.78 is 27.0. The Morgan fingerprint density at radius 3 is 0.848 bits per heavy atom. The minimum absolute atomic E-state index is 0.438. The van der Waals surface area contributed by atoms with Crippen molar-refractivity contribution in [2.45, 2.75) is 234 Å². The van der Waals surface area contributed by atoms with Crippen LogP contribution >= 0.6 is 0 Å². The summed E-state index contributed by atoms with van der Waals surface area (Å²) in [6.07, 6.45) is 24.5. The lowest BCUT2D eigenvalue weighted by Gasteiger charge is -2.32. The quantitative estimate of drug-likeness (QED) is 0.0491. The van der Waals surface area contributed by atoms with Crippen LogP contribution in [0.25, 0.3) is 33.4 Å². The van der Waals surface area contributed by atoms with Gasteiger partial charge in [0.1, 0.15) is 0 Å². The van der Waals surface area contributed by atoms with Crippen LogP contribution in [-0.4, -0.2) is 36.6 Å². The first kappa shape index (κ1) is 52.2. The molecule has 66 heavy (non-hydrogen) atoms. The number of unbranched alkanes of at least 4 members (excludes halogenated alkanes) is 12. The molecule has 2 fully saturated rings. The maximum Gasteiger partial charge on any atom is 0.494 e. The molecular weight excluding hydrogens is 806 g/mol. The van der Waals surface area contributed by atoms with Crippen LogP contribution in [0.5, 0.6) is 0 Å². The van der Waals surface area contributed by atoms with Crippen molar-refractivity contribution in [3.63, 3.8) is 0 Å². The second kappa shape index (κ2) is 23.4. The van der Waals surface area contributed by atoms with Crippen molar-refractivity contribution in [3.05, 3.63) is 95.1 Å². The van der Waals surface area contributed by atoms with Crippen LogP contribution in [0.1, 0.15) is 208 Å². The minimum Gasteiger partial charge on any atom is -0.399 e. The second-order valence-electron chi connectivity index (χ2n) is 22.1. The molecule has 0 unspecified atom stereocenters. The monoisotopic (exact) mass is 895 g/mol. The van der Waals surface area contributed by atoms with E-state index in [9.17, 15) is 0 Å². The van der Waals surface area contributed by atoms with Crippen molar-refractivity contribution in [2.75, 3.05) is 0 Å². The van der Waals surface area contributed by atoms with Crippen LogP contribution in [0.3, 0.4) is 0 Å². The average Bonchev–Trinajstić information content (AvgIpc) is 3.65. The molecule has 2 saturated heterocycles.